The summed E-state index contributed by atoms with van der Waals surface area (Å²) < 4.78 is 2.21. The molecule has 1 aromatic heterocycles. The molecule has 0 spiro atoms. The molecule has 0 aliphatic rings. The van der Waals surface area contributed by atoms with E-state index in [2.05, 4.69) is 225 Å². The van der Waals surface area contributed by atoms with Crippen LogP contribution in [-0.2, 0) is 13.0 Å². The third-order valence-electron chi connectivity index (χ3n) is 9.21. The minimum atomic E-state index is 0.884. The molecule has 0 N–H and O–H groups in total. The molecule has 4 aromatic carbocycles. The predicted octanol–water partition coefficient (Wildman–Crippen LogP) is 11.9. The molecule has 5 heteroatoms. The number of rotatable bonds is 19. The average molecular weight is 749 g/mol. The van der Waals surface area contributed by atoms with Gasteiger partial charge in [0.2, 0.25) is 0 Å². The number of anilines is 2. The van der Waals surface area contributed by atoms with Gasteiger partial charge in [0.05, 0.1) is 0 Å². The van der Waals surface area contributed by atoms with Crippen LogP contribution in [-0.4, -0.2) is 38.7 Å². The molecule has 3 nitrogen and oxygen atoms in total. The first-order valence-corrected chi connectivity index (χ1v) is 21.2. The van der Waals surface area contributed by atoms with Gasteiger partial charge in [-0.2, -0.15) is 0 Å². The van der Waals surface area contributed by atoms with E-state index in [4.69, 9.17) is 0 Å². The number of nitrogens with zero attached hydrogens (tertiary/aromatic N) is 3. The Morgan fingerprint density at radius 3 is 1.61 bits per heavy atom. The largest absolute Gasteiger partial charge is 0.374 e. The van der Waals surface area contributed by atoms with Crippen molar-refractivity contribution < 1.29 is 4.57 Å². The molecular weight excluding hydrogens is 695 g/mol. The second-order valence-electron chi connectivity index (χ2n) is 13.4. The maximum absolute atomic E-state index is 2.34. The molecule has 0 radical (unpaired) electrons. The molecule has 0 bridgehead atoms. The monoisotopic (exact) mass is 748 g/mol. The maximum Gasteiger partial charge on any atom is 0.173 e. The van der Waals surface area contributed by atoms with Crippen LogP contribution in [0.3, 0.4) is 0 Å². The Labute approximate surface area is 332 Å². The van der Waals surface area contributed by atoms with Crippen LogP contribution in [0.2, 0.25) is 0 Å². The summed E-state index contributed by atoms with van der Waals surface area (Å²) in [4.78, 5) is 4.68. The Bertz CT molecular complexity index is 1980. The summed E-state index contributed by atoms with van der Waals surface area (Å²) in [5, 5.41) is 0. The van der Waals surface area contributed by atoms with E-state index < -0.39 is 0 Å². The number of benzene rings is 4. The van der Waals surface area contributed by atoms with Gasteiger partial charge in [-0.1, -0.05) is 161 Å². The zero-order chi connectivity index (χ0) is 37.8. The van der Waals surface area contributed by atoms with Crippen LogP contribution in [0.1, 0.15) is 41.7 Å². The molecule has 276 valence electrons. The molecule has 1 heterocycles. The van der Waals surface area contributed by atoms with E-state index in [9.17, 15) is 0 Å². The van der Waals surface area contributed by atoms with E-state index in [1.165, 1.54) is 50.3 Å². The van der Waals surface area contributed by atoms with Crippen molar-refractivity contribution in [1.29, 1.82) is 0 Å². The van der Waals surface area contributed by atoms with Crippen molar-refractivity contribution in [2.45, 2.75) is 26.8 Å². The van der Waals surface area contributed by atoms with Crippen LogP contribution >= 0.6 is 21.6 Å². The van der Waals surface area contributed by atoms with Crippen molar-refractivity contribution >= 4 is 51.2 Å². The molecule has 0 amide bonds. The van der Waals surface area contributed by atoms with E-state index >= 15 is 0 Å². The summed E-state index contributed by atoms with van der Waals surface area (Å²) in [7, 11) is 8.28. The summed E-state index contributed by atoms with van der Waals surface area (Å²) in [6, 6.07) is 43.2. The highest BCUT2D eigenvalue weighted by molar-refractivity contribution is 8.76. The second-order valence-corrected chi connectivity index (χ2v) is 16.1. The van der Waals surface area contributed by atoms with Gasteiger partial charge in [0.25, 0.3) is 0 Å². The van der Waals surface area contributed by atoms with E-state index in [0.717, 1.165) is 37.6 Å². The molecule has 0 aliphatic heterocycles. The van der Waals surface area contributed by atoms with Crippen molar-refractivity contribution in [3.63, 3.8) is 0 Å². The summed E-state index contributed by atoms with van der Waals surface area (Å²) in [5.74, 6) is 2.16. The molecule has 0 saturated heterocycles. The van der Waals surface area contributed by atoms with Crippen molar-refractivity contribution in [1.82, 2.24) is 0 Å². The number of aromatic nitrogens is 1. The number of pyridine rings is 1. The van der Waals surface area contributed by atoms with Gasteiger partial charge in [-0.25, -0.2) is 4.57 Å². The van der Waals surface area contributed by atoms with Crippen LogP contribution < -0.4 is 14.4 Å². The average Bonchev–Trinajstić information content (AvgIpc) is 3.22. The fraction of sp³-hybridized carbons (Fsp3) is 0.204. The Morgan fingerprint density at radius 2 is 1.07 bits per heavy atom. The maximum atomic E-state index is 2.34. The van der Waals surface area contributed by atoms with Crippen LogP contribution in [0.5, 0.6) is 0 Å². The predicted molar refractivity (Wildman–Crippen MR) is 241 cm³/mol. The number of hydrogen-bond donors (Lipinski definition) is 0. The fourth-order valence-electron chi connectivity index (χ4n) is 5.71. The van der Waals surface area contributed by atoms with Crippen LogP contribution in [0.25, 0.3) is 18.2 Å². The van der Waals surface area contributed by atoms with E-state index in [1.807, 2.05) is 21.6 Å². The minimum absolute atomic E-state index is 0.884. The fourth-order valence-corrected chi connectivity index (χ4v) is 7.79. The molecule has 0 fully saturated rings. The minimum Gasteiger partial charge on any atom is -0.374 e. The molecule has 0 unspecified atom stereocenters. The molecule has 54 heavy (non-hydrogen) atoms. The second kappa shape index (κ2) is 22.3. The van der Waals surface area contributed by atoms with Crippen molar-refractivity contribution in [3.8, 4) is 0 Å². The van der Waals surface area contributed by atoms with Crippen molar-refractivity contribution in [2.24, 2.45) is 0 Å². The zero-order valence-corrected chi connectivity index (χ0v) is 33.9. The molecular formula is C49H54N3S2+. The summed E-state index contributed by atoms with van der Waals surface area (Å²) in [6.07, 6.45) is 22.8. The SMILES string of the molecule is C/C=C(\C=C/C(C)=C\Cc1ccccc1)/C=C/c1ccc(N(C)CCSSCCN(C)c2ccc(/C=C/c3cc[n+](Cc4ccccc4)cc3)cc2)cc1. The van der Waals surface area contributed by atoms with Crippen molar-refractivity contribution in [3.05, 3.63) is 203 Å². The lowest BCUT2D eigenvalue weighted by Crippen LogP contribution is -2.32. The first-order valence-electron chi connectivity index (χ1n) is 18.8. The topological polar surface area (TPSA) is 10.4 Å². The Morgan fingerprint density at radius 1 is 0.574 bits per heavy atom. The lowest BCUT2D eigenvalue weighted by atomic mass is 10.1. The van der Waals surface area contributed by atoms with Gasteiger partial charge in [-0.15, -0.1) is 0 Å². The third-order valence-corrected chi connectivity index (χ3v) is 11.6. The molecule has 0 saturated carbocycles. The number of hydrogen-bond acceptors (Lipinski definition) is 4. The van der Waals surface area contributed by atoms with Crippen LogP contribution in [0, 0.1) is 0 Å². The molecule has 0 aliphatic carbocycles. The Balaban J connectivity index is 0.961. The lowest BCUT2D eigenvalue weighted by molar-refractivity contribution is -0.688. The Hall–Kier alpha value is -4.97. The number of allylic oxidation sites excluding steroid dienone is 7. The highest BCUT2D eigenvalue weighted by Gasteiger charge is 2.05. The van der Waals surface area contributed by atoms with Gasteiger partial charge < -0.3 is 9.80 Å². The molecule has 5 aromatic rings. The zero-order valence-electron chi connectivity index (χ0n) is 32.2. The van der Waals surface area contributed by atoms with Crippen molar-refractivity contribution in [2.75, 3.05) is 48.5 Å². The van der Waals surface area contributed by atoms with Crippen LogP contribution in [0.15, 0.2) is 175 Å². The summed E-state index contributed by atoms with van der Waals surface area (Å²) >= 11 is 0. The van der Waals surface area contributed by atoms with Gasteiger partial charge in [-0.3, -0.25) is 0 Å². The van der Waals surface area contributed by atoms with E-state index in [0.29, 0.717) is 0 Å². The van der Waals surface area contributed by atoms with Gasteiger partial charge in [0.15, 0.2) is 18.9 Å². The Kier molecular flexibility index (Phi) is 16.6. The van der Waals surface area contributed by atoms with E-state index in [1.54, 1.807) is 0 Å². The molecule has 5 rings (SSSR count). The first kappa shape index (κ1) is 40.2. The standard InChI is InChI=1S/C49H54N3S2/c1-5-42(18-16-41(2)17-19-43-12-8-6-9-13-43)20-21-44-24-28-48(29-25-44)50(3)36-38-53-54-39-37-51(4)49-30-26-45(27-31-49)22-23-46-32-34-52(35-33-46)40-47-14-10-7-11-15-47/h5-18,20-35H,19,36-40H2,1-4H3/q+1/b18-16-,21-20+,41-17-,42-5+. The smallest absolute Gasteiger partial charge is 0.173 e. The summed E-state index contributed by atoms with van der Waals surface area (Å²) in [5.41, 5.74) is 11.2. The molecule has 0 atom stereocenters. The lowest BCUT2D eigenvalue weighted by Gasteiger charge is -2.20. The first-order chi connectivity index (χ1) is 26.4. The van der Waals surface area contributed by atoms with Gasteiger partial charge in [0, 0.05) is 67.8 Å². The normalized spacial score (nSPS) is 12.3. The third kappa shape index (κ3) is 14.1. The summed E-state index contributed by atoms with van der Waals surface area (Å²) in [6.45, 7) is 7.16. The van der Waals surface area contributed by atoms with Gasteiger partial charge in [0.1, 0.15) is 0 Å². The van der Waals surface area contributed by atoms with Gasteiger partial charge >= 0.3 is 0 Å². The van der Waals surface area contributed by atoms with E-state index in [-0.39, 0.29) is 0 Å². The quantitative estimate of drug-likeness (QED) is 0.0360. The highest BCUT2D eigenvalue weighted by atomic mass is 33.1. The highest BCUT2D eigenvalue weighted by Crippen LogP contribution is 2.24. The van der Waals surface area contributed by atoms with Gasteiger partial charge in [-0.05, 0) is 72.4 Å². The van der Waals surface area contributed by atoms with Crippen LogP contribution in [0.4, 0.5) is 11.4 Å².